The predicted molar refractivity (Wildman–Crippen MR) is 83.5 cm³/mol. The van der Waals surface area contributed by atoms with E-state index in [2.05, 4.69) is 47.1 Å². The molecule has 0 aliphatic carbocycles. The first-order valence-corrected chi connectivity index (χ1v) is 7.54. The molecule has 100 valence electrons. The number of hydrogen-bond donors (Lipinski definition) is 0. The molecule has 0 amide bonds. The van der Waals surface area contributed by atoms with E-state index < -0.39 is 0 Å². The molecule has 0 fully saturated rings. The molecule has 2 rings (SSSR count). The molecule has 0 aromatic heterocycles. The number of hydrogen-bond acceptors (Lipinski definition) is 1. The fourth-order valence-corrected chi connectivity index (χ4v) is 2.35. The van der Waals surface area contributed by atoms with Crippen LogP contribution in [-0.2, 0) is 13.0 Å². The molecule has 0 heterocycles. The summed E-state index contributed by atoms with van der Waals surface area (Å²) in [5.41, 5.74) is 2.52. The van der Waals surface area contributed by atoms with E-state index >= 15 is 0 Å². The van der Waals surface area contributed by atoms with Crippen molar-refractivity contribution < 1.29 is 4.74 Å². The van der Waals surface area contributed by atoms with Crippen LogP contribution in [0.5, 0.6) is 5.75 Å². The van der Waals surface area contributed by atoms with Gasteiger partial charge in [-0.2, -0.15) is 0 Å². The average molecular weight is 319 g/mol. The van der Waals surface area contributed by atoms with Gasteiger partial charge in [-0.05, 0) is 36.6 Å². The second kappa shape index (κ2) is 7.34. The maximum atomic E-state index is 5.86. The molecule has 0 bridgehead atoms. The maximum Gasteiger partial charge on any atom is 0.120 e. The van der Waals surface area contributed by atoms with Gasteiger partial charge in [-0.25, -0.2) is 0 Å². The van der Waals surface area contributed by atoms with E-state index in [1.165, 1.54) is 24.0 Å². The van der Waals surface area contributed by atoms with Crippen LogP contribution in [0.4, 0.5) is 0 Å². The largest absolute Gasteiger partial charge is 0.489 e. The molecule has 19 heavy (non-hydrogen) atoms. The molecule has 0 unspecified atom stereocenters. The molecular formula is C17H19BrO. The van der Waals surface area contributed by atoms with Crippen LogP contribution < -0.4 is 4.74 Å². The fraction of sp³-hybridized carbons (Fsp3) is 0.294. The second-order valence-electron chi connectivity index (χ2n) is 4.63. The van der Waals surface area contributed by atoms with E-state index in [9.17, 15) is 0 Å². The monoisotopic (exact) mass is 318 g/mol. The van der Waals surface area contributed by atoms with Gasteiger partial charge in [0.2, 0.25) is 0 Å². The van der Waals surface area contributed by atoms with Gasteiger partial charge in [0, 0.05) is 10.0 Å². The molecule has 0 radical (unpaired) electrons. The van der Waals surface area contributed by atoms with Crippen molar-refractivity contribution in [2.45, 2.75) is 32.8 Å². The summed E-state index contributed by atoms with van der Waals surface area (Å²) in [7, 11) is 0. The Morgan fingerprint density at radius 3 is 2.68 bits per heavy atom. The van der Waals surface area contributed by atoms with E-state index in [-0.39, 0.29) is 0 Å². The lowest BCUT2D eigenvalue weighted by Gasteiger charge is -2.09. The van der Waals surface area contributed by atoms with Gasteiger partial charge >= 0.3 is 0 Å². The Bertz CT molecular complexity index is 522. The quantitative estimate of drug-likeness (QED) is 0.695. The summed E-state index contributed by atoms with van der Waals surface area (Å²) in [6, 6.07) is 16.6. The van der Waals surface area contributed by atoms with Gasteiger partial charge < -0.3 is 4.74 Å². The van der Waals surface area contributed by atoms with Crippen molar-refractivity contribution in [2.75, 3.05) is 0 Å². The predicted octanol–water partition coefficient (Wildman–Crippen LogP) is 5.37. The van der Waals surface area contributed by atoms with Gasteiger partial charge in [-0.1, -0.05) is 59.6 Å². The summed E-state index contributed by atoms with van der Waals surface area (Å²) in [6.45, 7) is 2.81. The van der Waals surface area contributed by atoms with Crippen LogP contribution >= 0.6 is 15.9 Å². The van der Waals surface area contributed by atoms with Crippen molar-refractivity contribution in [2.24, 2.45) is 0 Å². The standard InChI is InChI=1S/C17H19BrO/c1-2-3-7-14-8-6-10-16(12-14)19-13-15-9-4-5-11-17(15)18/h4-6,8-12H,2-3,7,13H2,1H3. The van der Waals surface area contributed by atoms with Gasteiger partial charge in [-0.15, -0.1) is 0 Å². The molecule has 1 nitrogen and oxygen atoms in total. The summed E-state index contributed by atoms with van der Waals surface area (Å²) in [4.78, 5) is 0. The molecule has 0 aliphatic rings. The Balaban J connectivity index is 1.98. The Morgan fingerprint density at radius 2 is 1.89 bits per heavy atom. The molecule has 0 N–H and O–H groups in total. The van der Waals surface area contributed by atoms with Crippen molar-refractivity contribution >= 4 is 15.9 Å². The Morgan fingerprint density at radius 1 is 1.05 bits per heavy atom. The third kappa shape index (κ3) is 4.39. The van der Waals surface area contributed by atoms with Gasteiger partial charge in [0.25, 0.3) is 0 Å². The van der Waals surface area contributed by atoms with Gasteiger partial charge in [-0.3, -0.25) is 0 Å². The highest BCUT2D eigenvalue weighted by Gasteiger charge is 2.01. The van der Waals surface area contributed by atoms with E-state index in [4.69, 9.17) is 4.74 Å². The molecule has 2 aromatic carbocycles. The van der Waals surface area contributed by atoms with Crippen LogP contribution in [0.2, 0.25) is 0 Å². The summed E-state index contributed by atoms with van der Waals surface area (Å²) >= 11 is 3.54. The van der Waals surface area contributed by atoms with E-state index in [1.807, 2.05) is 24.3 Å². The smallest absolute Gasteiger partial charge is 0.120 e. The molecule has 2 aromatic rings. The zero-order valence-corrected chi connectivity index (χ0v) is 12.8. The molecular weight excluding hydrogens is 300 g/mol. The van der Waals surface area contributed by atoms with Gasteiger partial charge in [0.15, 0.2) is 0 Å². The van der Waals surface area contributed by atoms with Crippen molar-refractivity contribution in [3.63, 3.8) is 0 Å². The minimum Gasteiger partial charge on any atom is -0.489 e. The summed E-state index contributed by atoms with van der Waals surface area (Å²) in [6.07, 6.45) is 3.58. The van der Waals surface area contributed by atoms with Crippen LogP contribution in [0.3, 0.4) is 0 Å². The minimum atomic E-state index is 0.596. The van der Waals surface area contributed by atoms with Gasteiger partial charge in [0.05, 0.1) is 0 Å². The Kier molecular flexibility index (Phi) is 5.46. The maximum absolute atomic E-state index is 5.86. The molecule has 0 atom stereocenters. The number of benzene rings is 2. The number of unbranched alkanes of at least 4 members (excludes halogenated alkanes) is 1. The van der Waals surface area contributed by atoms with E-state index in [0.717, 1.165) is 16.6 Å². The molecule has 0 saturated carbocycles. The summed E-state index contributed by atoms with van der Waals surface area (Å²) < 4.78 is 6.96. The average Bonchev–Trinajstić information content (AvgIpc) is 2.45. The van der Waals surface area contributed by atoms with E-state index in [0.29, 0.717) is 6.61 Å². The van der Waals surface area contributed by atoms with Crippen LogP contribution in [0.15, 0.2) is 53.0 Å². The van der Waals surface area contributed by atoms with Gasteiger partial charge in [0.1, 0.15) is 12.4 Å². The van der Waals surface area contributed by atoms with E-state index in [1.54, 1.807) is 0 Å². The first-order valence-electron chi connectivity index (χ1n) is 6.74. The van der Waals surface area contributed by atoms with Crippen LogP contribution in [0.25, 0.3) is 0 Å². The molecule has 2 heteroatoms. The summed E-state index contributed by atoms with van der Waals surface area (Å²) in [5, 5.41) is 0. The highest BCUT2D eigenvalue weighted by molar-refractivity contribution is 9.10. The fourth-order valence-electron chi connectivity index (χ4n) is 1.95. The third-order valence-electron chi connectivity index (χ3n) is 3.07. The lowest BCUT2D eigenvalue weighted by atomic mass is 10.1. The molecule has 0 aliphatic heterocycles. The van der Waals surface area contributed by atoms with Crippen LogP contribution in [0, 0.1) is 0 Å². The first kappa shape index (κ1) is 14.1. The number of rotatable bonds is 6. The highest BCUT2D eigenvalue weighted by atomic mass is 79.9. The topological polar surface area (TPSA) is 9.23 Å². The normalized spacial score (nSPS) is 10.4. The van der Waals surface area contributed by atoms with Crippen molar-refractivity contribution in [1.29, 1.82) is 0 Å². The lowest BCUT2D eigenvalue weighted by Crippen LogP contribution is -1.97. The van der Waals surface area contributed by atoms with Crippen molar-refractivity contribution in [3.05, 3.63) is 64.1 Å². The Hall–Kier alpha value is -1.28. The number of aryl methyl sites for hydroxylation is 1. The molecule has 0 spiro atoms. The SMILES string of the molecule is CCCCc1cccc(OCc2ccccc2Br)c1. The highest BCUT2D eigenvalue weighted by Crippen LogP contribution is 2.20. The lowest BCUT2D eigenvalue weighted by molar-refractivity contribution is 0.305. The Labute approximate surface area is 123 Å². The van der Waals surface area contributed by atoms with Crippen molar-refractivity contribution in [1.82, 2.24) is 0 Å². The summed E-state index contributed by atoms with van der Waals surface area (Å²) in [5.74, 6) is 0.948. The molecule has 0 saturated heterocycles. The third-order valence-corrected chi connectivity index (χ3v) is 3.84. The number of ether oxygens (including phenoxy) is 1. The second-order valence-corrected chi connectivity index (χ2v) is 5.49. The van der Waals surface area contributed by atoms with Crippen LogP contribution in [0.1, 0.15) is 30.9 Å². The number of halogens is 1. The first-order chi connectivity index (χ1) is 9.29. The minimum absolute atomic E-state index is 0.596. The van der Waals surface area contributed by atoms with Crippen LogP contribution in [-0.4, -0.2) is 0 Å². The zero-order valence-electron chi connectivity index (χ0n) is 11.2. The van der Waals surface area contributed by atoms with Crippen molar-refractivity contribution in [3.8, 4) is 5.75 Å². The zero-order chi connectivity index (χ0) is 13.5.